The summed E-state index contributed by atoms with van der Waals surface area (Å²) in [7, 11) is -9.89. The van der Waals surface area contributed by atoms with Crippen LogP contribution in [0, 0.1) is 5.92 Å². The van der Waals surface area contributed by atoms with Crippen LogP contribution in [0.25, 0.3) is 0 Å². The van der Waals surface area contributed by atoms with Gasteiger partial charge in [-0.25, -0.2) is 9.13 Å². The summed E-state index contributed by atoms with van der Waals surface area (Å²) in [5.74, 6) is -1.42. The van der Waals surface area contributed by atoms with Gasteiger partial charge >= 0.3 is 39.5 Å². The van der Waals surface area contributed by atoms with Crippen LogP contribution in [-0.4, -0.2) is 96.7 Å². The van der Waals surface area contributed by atoms with Gasteiger partial charge in [0.1, 0.15) is 19.3 Å². The lowest BCUT2D eigenvalue weighted by atomic mass is 10.0. The summed E-state index contributed by atoms with van der Waals surface area (Å²) >= 11 is 0. The summed E-state index contributed by atoms with van der Waals surface area (Å²) in [5.41, 5.74) is 0. The van der Waals surface area contributed by atoms with Gasteiger partial charge in [0.05, 0.1) is 26.4 Å². The van der Waals surface area contributed by atoms with Crippen molar-refractivity contribution in [2.45, 2.75) is 374 Å². The van der Waals surface area contributed by atoms with E-state index < -0.39 is 97.5 Å². The number of aliphatic hydroxyl groups is 1. The largest absolute Gasteiger partial charge is 0.472 e. The van der Waals surface area contributed by atoms with Gasteiger partial charge in [-0.2, -0.15) is 0 Å². The molecule has 0 amide bonds. The molecule has 0 aliphatic heterocycles. The second-order valence-electron chi connectivity index (χ2n) is 25.4. The molecule has 17 nitrogen and oxygen atoms in total. The molecular formula is C69H134O17P2. The van der Waals surface area contributed by atoms with Gasteiger partial charge in [-0.3, -0.25) is 37.3 Å². The lowest BCUT2D eigenvalue weighted by Crippen LogP contribution is -2.30. The maximum atomic E-state index is 13.0. The van der Waals surface area contributed by atoms with Crippen molar-refractivity contribution in [3.05, 3.63) is 0 Å². The van der Waals surface area contributed by atoms with E-state index in [-0.39, 0.29) is 25.7 Å². The Balaban J connectivity index is 5.24. The first-order chi connectivity index (χ1) is 42.5. The highest BCUT2D eigenvalue weighted by molar-refractivity contribution is 7.47. The molecule has 0 aromatic carbocycles. The molecule has 0 bridgehead atoms. The lowest BCUT2D eigenvalue weighted by Gasteiger charge is -2.21. The number of aliphatic hydroxyl groups excluding tert-OH is 1. The second-order valence-corrected chi connectivity index (χ2v) is 28.3. The number of phosphoric acid groups is 2. The molecule has 0 aromatic heterocycles. The van der Waals surface area contributed by atoms with Gasteiger partial charge in [0, 0.05) is 25.7 Å². The highest BCUT2D eigenvalue weighted by atomic mass is 31.2. The zero-order chi connectivity index (χ0) is 64.9. The van der Waals surface area contributed by atoms with Crippen LogP contribution in [0.5, 0.6) is 0 Å². The van der Waals surface area contributed by atoms with Gasteiger partial charge in [-0.05, 0) is 31.6 Å². The molecule has 0 aliphatic rings. The van der Waals surface area contributed by atoms with Crippen molar-refractivity contribution >= 4 is 39.5 Å². The minimum Gasteiger partial charge on any atom is -0.462 e. The number of carbonyl (C=O) groups excluding carboxylic acids is 4. The predicted molar refractivity (Wildman–Crippen MR) is 354 cm³/mol. The zero-order valence-electron chi connectivity index (χ0n) is 56.9. The third kappa shape index (κ3) is 62.8. The standard InChI is InChI=1S/C69H134O17P2/c1-6-9-12-15-18-21-24-26-27-28-31-34-39-45-50-55-69(74)85-64(58-79-66(71)52-47-42-37-32-30-25-22-19-16-13-10-7-2)60-83-87(75,76)81-56-63(70)57-82-88(77,78)84-61-65(59-80-67(72)53-48-43-40-35-36-41-46-51-62(4)5)86-68(73)54-49-44-38-33-29-23-20-17-14-11-8-3/h62-65,70H,6-61H2,1-5H3,(H,75,76)(H,77,78)/t63-,64-,65-/m1/s1. The zero-order valence-corrected chi connectivity index (χ0v) is 58.6. The summed E-state index contributed by atoms with van der Waals surface area (Å²) in [6.45, 7) is 7.18. The molecule has 0 rings (SSSR count). The van der Waals surface area contributed by atoms with E-state index in [0.29, 0.717) is 31.6 Å². The molecule has 19 heteroatoms. The van der Waals surface area contributed by atoms with Crippen LogP contribution in [0.3, 0.4) is 0 Å². The number of carbonyl (C=O) groups is 4. The van der Waals surface area contributed by atoms with Crippen molar-refractivity contribution in [1.82, 2.24) is 0 Å². The smallest absolute Gasteiger partial charge is 0.462 e. The summed E-state index contributed by atoms with van der Waals surface area (Å²) in [4.78, 5) is 72.5. The van der Waals surface area contributed by atoms with Crippen LogP contribution >= 0.6 is 15.6 Å². The number of rotatable bonds is 69. The first-order valence-electron chi connectivity index (χ1n) is 36.1. The normalized spacial score (nSPS) is 14.1. The van der Waals surface area contributed by atoms with Gasteiger partial charge in [0.15, 0.2) is 12.2 Å². The molecule has 2 unspecified atom stereocenters. The van der Waals surface area contributed by atoms with E-state index in [2.05, 4.69) is 34.6 Å². The van der Waals surface area contributed by atoms with Crippen LogP contribution in [0.4, 0.5) is 0 Å². The average molecular weight is 1300 g/mol. The number of unbranched alkanes of at least 4 members (excludes halogenated alkanes) is 41. The van der Waals surface area contributed by atoms with Gasteiger partial charge < -0.3 is 33.8 Å². The molecule has 0 saturated carbocycles. The van der Waals surface area contributed by atoms with Crippen molar-refractivity contribution in [2.24, 2.45) is 5.92 Å². The Kier molecular flexibility index (Phi) is 61.1. The highest BCUT2D eigenvalue weighted by Crippen LogP contribution is 2.45. The monoisotopic (exact) mass is 1300 g/mol. The molecule has 0 aromatic rings. The lowest BCUT2D eigenvalue weighted by molar-refractivity contribution is -0.161. The summed E-state index contributed by atoms with van der Waals surface area (Å²) in [6, 6.07) is 0. The first-order valence-corrected chi connectivity index (χ1v) is 39.1. The highest BCUT2D eigenvalue weighted by Gasteiger charge is 2.30. The van der Waals surface area contributed by atoms with E-state index in [1.165, 1.54) is 173 Å². The maximum Gasteiger partial charge on any atom is 0.472 e. The predicted octanol–water partition coefficient (Wildman–Crippen LogP) is 19.7. The van der Waals surface area contributed by atoms with Crippen LogP contribution in [0.15, 0.2) is 0 Å². The molecule has 5 atom stereocenters. The number of esters is 4. The molecule has 0 spiro atoms. The Morgan fingerprint density at radius 3 is 0.773 bits per heavy atom. The molecule has 0 aliphatic carbocycles. The van der Waals surface area contributed by atoms with Crippen molar-refractivity contribution in [2.75, 3.05) is 39.6 Å². The minimum atomic E-state index is -4.95. The fourth-order valence-electron chi connectivity index (χ4n) is 10.5. The van der Waals surface area contributed by atoms with E-state index >= 15 is 0 Å². The SMILES string of the molecule is CCCCCCCCCCCCCCCCCC(=O)O[C@H](COC(=O)CCCCCCCCCCCCCC)COP(=O)(O)OC[C@@H](O)COP(=O)(O)OC[C@@H](COC(=O)CCCCCCCCCC(C)C)OC(=O)CCCCCCCCCCCCC. The Labute approximate surface area is 537 Å². The molecular weight excluding hydrogens is 1160 g/mol. The second kappa shape index (κ2) is 62.5. The quantitative estimate of drug-likeness (QED) is 0.0222. The van der Waals surface area contributed by atoms with Crippen molar-refractivity contribution in [3.8, 4) is 0 Å². The Morgan fingerprint density at radius 2 is 0.523 bits per heavy atom. The maximum absolute atomic E-state index is 13.0. The Morgan fingerprint density at radius 1 is 0.307 bits per heavy atom. The fourth-order valence-corrected chi connectivity index (χ4v) is 12.0. The van der Waals surface area contributed by atoms with Gasteiger partial charge in [0.2, 0.25) is 0 Å². The van der Waals surface area contributed by atoms with Crippen LogP contribution in [-0.2, 0) is 65.4 Å². The Bertz CT molecular complexity index is 1700. The van der Waals surface area contributed by atoms with Crippen molar-refractivity contribution in [1.29, 1.82) is 0 Å². The molecule has 0 saturated heterocycles. The molecule has 3 N–H and O–H groups in total. The van der Waals surface area contributed by atoms with Gasteiger partial charge in [0.25, 0.3) is 0 Å². The molecule has 0 fully saturated rings. The average Bonchev–Trinajstić information content (AvgIpc) is 3.53. The number of phosphoric ester groups is 2. The molecule has 522 valence electrons. The topological polar surface area (TPSA) is 237 Å². The van der Waals surface area contributed by atoms with E-state index in [4.69, 9.17) is 37.0 Å². The molecule has 0 radical (unpaired) electrons. The van der Waals surface area contributed by atoms with E-state index in [1.807, 2.05) is 0 Å². The van der Waals surface area contributed by atoms with E-state index in [9.17, 15) is 43.2 Å². The first kappa shape index (κ1) is 86.1. The van der Waals surface area contributed by atoms with Crippen molar-refractivity contribution in [3.63, 3.8) is 0 Å². The van der Waals surface area contributed by atoms with Gasteiger partial charge in [-0.15, -0.1) is 0 Å². The Hall–Kier alpha value is -1.94. The minimum absolute atomic E-state index is 0.106. The molecule has 0 heterocycles. The van der Waals surface area contributed by atoms with Crippen LogP contribution in [0.1, 0.15) is 356 Å². The fraction of sp³-hybridized carbons (Fsp3) is 0.942. The molecule has 88 heavy (non-hydrogen) atoms. The summed E-state index contributed by atoms with van der Waals surface area (Å²) < 4.78 is 68.2. The van der Waals surface area contributed by atoms with E-state index in [1.54, 1.807) is 0 Å². The third-order valence-electron chi connectivity index (χ3n) is 16.0. The number of hydrogen-bond donors (Lipinski definition) is 3. The summed E-state index contributed by atoms with van der Waals surface area (Å²) in [6.07, 6.45) is 48.5. The summed E-state index contributed by atoms with van der Waals surface area (Å²) in [5, 5.41) is 10.6. The van der Waals surface area contributed by atoms with Crippen molar-refractivity contribution < 1.29 is 80.2 Å². The number of ether oxygens (including phenoxy) is 4. The number of hydrogen-bond acceptors (Lipinski definition) is 15. The van der Waals surface area contributed by atoms with Crippen LogP contribution in [0.2, 0.25) is 0 Å². The third-order valence-corrected chi connectivity index (χ3v) is 17.9. The van der Waals surface area contributed by atoms with E-state index in [0.717, 1.165) is 96.3 Å². The van der Waals surface area contributed by atoms with Crippen LogP contribution < -0.4 is 0 Å². The van der Waals surface area contributed by atoms with Gasteiger partial charge in [-0.1, -0.05) is 304 Å².